The Hall–Kier alpha value is -3.02. The molecule has 0 spiro atoms. The predicted octanol–water partition coefficient (Wildman–Crippen LogP) is 2.21. The first-order valence-corrected chi connectivity index (χ1v) is 7.93. The lowest BCUT2D eigenvalue weighted by Crippen LogP contribution is -2.43. The molecular formula is C19H23N3O3. The van der Waals surface area contributed by atoms with E-state index in [9.17, 15) is 9.59 Å². The molecule has 0 saturated heterocycles. The van der Waals surface area contributed by atoms with Crippen LogP contribution in [-0.4, -0.2) is 32.5 Å². The van der Waals surface area contributed by atoms with Crippen LogP contribution in [0.3, 0.4) is 0 Å². The first kappa shape index (κ1) is 18.3. The molecule has 0 aliphatic rings. The van der Waals surface area contributed by atoms with Gasteiger partial charge in [0, 0.05) is 25.3 Å². The van der Waals surface area contributed by atoms with Crippen LogP contribution < -0.4 is 20.5 Å². The number of carbonyl (C=O) groups excluding carboxylic acids is 2. The molecule has 0 radical (unpaired) electrons. The van der Waals surface area contributed by atoms with E-state index >= 15 is 0 Å². The summed E-state index contributed by atoms with van der Waals surface area (Å²) in [4.78, 5) is 25.8. The number of nitrogens with zero attached hydrogens (tertiary/aromatic N) is 1. The number of anilines is 1. The van der Waals surface area contributed by atoms with Gasteiger partial charge in [0.25, 0.3) is 11.8 Å². The van der Waals surface area contributed by atoms with E-state index in [-0.39, 0.29) is 12.5 Å². The van der Waals surface area contributed by atoms with Crippen LogP contribution in [0.5, 0.6) is 5.75 Å². The fourth-order valence-corrected chi connectivity index (χ4v) is 2.33. The van der Waals surface area contributed by atoms with Gasteiger partial charge in [-0.05, 0) is 55.3 Å². The molecule has 2 rings (SSSR count). The summed E-state index contributed by atoms with van der Waals surface area (Å²) in [6.45, 7) is 3.74. The SMILES string of the molecule is Cc1cc(C)cc(OCC(=O)NNC(=O)c2cccc(N(C)C)c2)c1. The molecule has 25 heavy (non-hydrogen) atoms. The predicted molar refractivity (Wildman–Crippen MR) is 97.8 cm³/mol. The second-order valence-electron chi connectivity index (χ2n) is 6.06. The first-order chi connectivity index (χ1) is 11.8. The minimum absolute atomic E-state index is 0.180. The standard InChI is InChI=1S/C19H23N3O3/c1-13-8-14(2)10-17(9-13)25-12-18(23)20-21-19(24)15-6-5-7-16(11-15)22(3)4/h5-11H,12H2,1-4H3,(H,20,23)(H,21,24). The van der Waals surface area contributed by atoms with E-state index in [2.05, 4.69) is 10.9 Å². The molecule has 2 aromatic rings. The van der Waals surface area contributed by atoms with Crippen molar-refractivity contribution in [3.05, 3.63) is 59.2 Å². The number of hydrazine groups is 1. The van der Waals surface area contributed by atoms with Gasteiger partial charge in [-0.25, -0.2) is 0 Å². The molecule has 0 saturated carbocycles. The maximum absolute atomic E-state index is 12.1. The molecule has 0 aromatic heterocycles. The van der Waals surface area contributed by atoms with Gasteiger partial charge in [-0.2, -0.15) is 0 Å². The number of benzene rings is 2. The zero-order valence-corrected chi connectivity index (χ0v) is 14.9. The van der Waals surface area contributed by atoms with Crippen LogP contribution in [-0.2, 0) is 4.79 Å². The molecule has 2 aromatic carbocycles. The Morgan fingerprint density at radius 3 is 2.32 bits per heavy atom. The summed E-state index contributed by atoms with van der Waals surface area (Å²) in [5.74, 6) is -0.197. The summed E-state index contributed by atoms with van der Waals surface area (Å²) in [5, 5.41) is 0. The fraction of sp³-hybridized carbons (Fsp3) is 0.263. The van der Waals surface area contributed by atoms with E-state index in [1.807, 2.05) is 57.1 Å². The number of amides is 2. The van der Waals surface area contributed by atoms with Crippen molar-refractivity contribution >= 4 is 17.5 Å². The number of rotatable bonds is 5. The normalized spacial score (nSPS) is 10.1. The molecule has 2 N–H and O–H groups in total. The van der Waals surface area contributed by atoms with E-state index in [4.69, 9.17) is 4.74 Å². The maximum atomic E-state index is 12.1. The van der Waals surface area contributed by atoms with Crippen molar-refractivity contribution in [1.82, 2.24) is 10.9 Å². The second-order valence-corrected chi connectivity index (χ2v) is 6.06. The lowest BCUT2D eigenvalue weighted by molar-refractivity contribution is -0.123. The van der Waals surface area contributed by atoms with Crippen LogP contribution in [0.4, 0.5) is 5.69 Å². The van der Waals surface area contributed by atoms with Crippen molar-refractivity contribution in [1.29, 1.82) is 0 Å². The molecule has 0 bridgehead atoms. The Balaban J connectivity index is 1.85. The molecular weight excluding hydrogens is 318 g/mol. The molecule has 6 nitrogen and oxygen atoms in total. The summed E-state index contributed by atoms with van der Waals surface area (Å²) in [7, 11) is 3.78. The van der Waals surface area contributed by atoms with Crippen LogP contribution >= 0.6 is 0 Å². The first-order valence-electron chi connectivity index (χ1n) is 7.93. The van der Waals surface area contributed by atoms with Crippen molar-refractivity contribution in [2.24, 2.45) is 0 Å². The maximum Gasteiger partial charge on any atom is 0.276 e. The van der Waals surface area contributed by atoms with Gasteiger partial charge in [-0.3, -0.25) is 20.4 Å². The van der Waals surface area contributed by atoms with Crippen molar-refractivity contribution in [3.63, 3.8) is 0 Å². The number of hydrogen-bond acceptors (Lipinski definition) is 4. The van der Waals surface area contributed by atoms with E-state index in [1.54, 1.807) is 18.2 Å². The number of carbonyl (C=O) groups is 2. The minimum Gasteiger partial charge on any atom is -0.484 e. The summed E-state index contributed by atoms with van der Waals surface area (Å²) in [5.41, 5.74) is 8.22. The minimum atomic E-state index is -0.434. The molecule has 0 fully saturated rings. The molecule has 0 aliphatic heterocycles. The molecule has 0 aliphatic carbocycles. The Bertz CT molecular complexity index is 752. The van der Waals surface area contributed by atoms with Gasteiger partial charge in [-0.1, -0.05) is 12.1 Å². The highest BCUT2D eigenvalue weighted by atomic mass is 16.5. The van der Waals surface area contributed by atoms with Crippen molar-refractivity contribution < 1.29 is 14.3 Å². The Morgan fingerprint density at radius 2 is 1.68 bits per heavy atom. The fourth-order valence-electron chi connectivity index (χ4n) is 2.33. The average Bonchev–Trinajstić information content (AvgIpc) is 2.57. The largest absolute Gasteiger partial charge is 0.484 e. The highest BCUT2D eigenvalue weighted by Crippen LogP contribution is 2.16. The third-order valence-corrected chi connectivity index (χ3v) is 3.51. The van der Waals surface area contributed by atoms with Crippen LogP contribution in [0.2, 0.25) is 0 Å². The average molecular weight is 341 g/mol. The van der Waals surface area contributed by atoms with Crippen molar-refractivity contribution in [3.8, 4) is 5.75 Å². The quantitative estimate of drug-likeness (QED) is 0.818. The van der Waals surface area contributed by atoms with Gasteiger partial charge >= 0.3 is 0 Å². The van der Waals surface area contributed by atoms with Gasteiger partial charge in [0.05, 0.1) is 0 Å². The Kier molecular flexibility index (Phi) is 6.00. The highest BCUT2D eigenvalue weighted by molar-refractivity contribution is 5.96. The lowest BCUT2D eigenvalue weighted by Gasteiger charge is -2.14. The third kappa shape index (κ3) is 5.53. The monoisotopic (exact) mass is 341 g/mol. The zero-order valence-electron chi connectivity index (χ0n) is 14.9. The number of ether oxygens (including phenoxy) is 1. The summed E-state index contributed by atoms with van der Waals surface area (Å²) in [6.07, 6.45) is 0. The number of aryl methyl sites for hydroxylation is 2. The van der Waals surface area contributed by atoms with Gasteiger partial charge in [0.2, 0.25) is 0 Å². The molecule has 0 heterocycles. The van der Waals surface area contributed by atoms with Gasteiger partial charge < -0.3 is 9.64 Å². The number of hydrogen-bond donors (Lipinski definition) is 2. The van der Waals surface area contributed by atoms with Crippen LogP contribution in [0.15, 0.2) is 42.5 Å². The summed E-state index contributed by atoms with van der Waals surface area (Å²) >= 11 is 0. The molecule has 2 amide bonds. The topological polar surface area (TPSA) is 70.7 Å². The molecule has 6 heteroatoms. The zero-order chi connectivity index (χ0) is 18.4. The van der Waals surface area contributed by atoms with Crippen LogP contribution in [0, 0.1) is 13.8 Å². The summed E-state index contributed by atoms with van der Waals surface area (Å²) < 4.78 is 5.45. The van der Waals surface area contributed by atoms with Gasteiger partial charge in [-0.15, -0.1) is 0 Å². The van der Waals surface area contributed by atoms with Crippen LogP contribution in [0.1, 0.15) is 21.5 Å². The second kappa shape index (κ2) is 8.19. The van der Waals surface area contributed by atoms with Crippen LogP contribution in [0.25, 0.3) is 0 Å². The lowest BCUT2D eigenvalue weighted by atomic mass is 10.1. The smallest absolute Gasteiger partial charge is 0.276 e. The van der Waals surface area contributed by atoms with E-state index in [0.717, 1.165) is 16.8 Å². The molecule has 0 atom stereocenters. The third-order valence-electron chi connectivity index (χ3n) is 3.51. The molecule has 0 unspecified atom stereocenters. The van der Waals surface area contributed by atoms with E-state index in [1.165, 1.54) is 0 Å². The van der Waals surface area contributed by atoms with Gasteiger partial charge in [0.15, 0.2) is 6.61 Å². The Morgan fingerprint density at radius 1 is 1.00 bits per heavy atom. The summed E-state index contributed by atoms with van der Waals surface area (Å²) in [6, 6.07) is 12.8. The van der Waals surface area contributed by atoms with Crippen molar-refractivity contribution in [2.45, 2.75) is 13.8 Å². The van der Waals surface area contributed by atoms with E-state index in [0.29, 0.717) is 11.3 Å². The van der Waals surface area contributed by atoms with Crippen molar-refractivity contribution in [2.75, 3.05) is 25.6 Å². The highest BCUT2D eigenvalue weighted by Gasteiger charge is 2.09. The number of nitrogens with one attached hydrogen (secondary N) is 2. The van der Waals surface area contributed by atoms with Gasteiger partial charge in [0.1, 0.15) is 5.75 Å². The van der Waals surface area contributed by atoms with E-state index < -0.39 is 5.91 Å². The molecule has 132 valence electrons. The Labute approximate surface area is 147 Å².